The van der Waals surface area contributed by atoms with Gasteiger partial charge in [0.15, 0.2) is 5.96 Å². The van der Waals surface area contributed by atoms with Crippen molar-refractivity contribution < 1.29 is 4.74 Å². The van der Waals surface area contributed by atoms with E-state index in [1.807, 2.05) is 25.4 Å². The van der Waals surface area contributed by atoms with Gasteiger partial charge in [-0.3, -0.25) is 4.99 Å². The van der Waals surface area contributed by atoms with Gasteiger partial charge in [0.25, 0.3) is 0 Å². The Morgan fingerprint density at radius 3 is 2.52 bits per heavy atom. The van der Waals surface area contributed by atoms with Gasteiger partial charge in [-0.15, -0.1) is 0 Å². The highest BCUT2D eigenvalue weighted by atomic mass is 16.5. The molecule has 1 aromatic heterocycles. The summed E-state index contributed by atoms with van der Waals surface area (Å²) in [6.07, 6.45) is 1.82. The van der Waals surface area contributed by atoms with Crippen LogP contribution in [-0.4, -0.2) is 42.1 Å². The molecular formula is C16H26N4O. The number of ether oxygens (including phenoxy) is 1. The van der Waals surface area contributed by atoms with Gasteiger partial charge in [0.1, 0.15) is 0 Å². The summed E-state index contributed by atoms with van der Waals surface area (Å²) in [6.45, 7) is 10.8. The smallest absolute Gasteiger partial charge is 0.212 e. The van der Waals surface area contributed by atoms with Gasteiger partial charge in [0, 0.05) is 43.4 Å². The number of aromatic nitrogens is 1. The Kier molecular flexibility index (Phi) is 4.12. The van der Waals surface area contributed by atoms with Crippen molar-refractivity contribution in [2.45, 2.75) is 39.8 Å². The highest BCUT2D eigenvalue weighted by Gasteiger charge is 2.53. The average molecular weight is 290 g/mol. The Labute approximate surface area is 127 Å². The molecule has 0 bridgehead atoms. The van der Waals surface area contributed by atoms with E-state index in [0.29, 0.717) is 17.8 Å². The monoisotopic (exact) mass is 290 g/mol. The summed E-state index contributed by atoms with van der Waals surface area (Å²) in [5, 5.41) is 3.41. The van der Waals surface area contributed by atoms with Gasteiger partial charge >= 0.3 is 0 Å². The van der Waals surface area contributed by atoms with Crippen LogP contribution in [0.2, 0.25) is 0 Å². The molecule has 1 aromatic rings. The lowest BCUT2D eigenvalue weighted by molar-refractivity contribution is -0.0667. The van der Waals surface area contributed by atoms with Gasteiger partial charge in [-0.2, -0.15) is 0 Å². The quantitative estimate of drug-likeness (QED) is 0.685. The number of aliphatic imine (C=N–C) groups is 1. The van der Waals surface area contributed by atoms with Gasteiger partial charge in [-0.05, 0) is 19.4 Å². The second-order valence-corrected chi connectivity index (χ2v) is 6.64. The van der Waals surface area contributed by atoms with Crippen molar-refractivity contribution >= 4 is 5.96 Å². The maximum absolute atomic E-state index is 5.07. The number of nitrogens with one attached hydrogen (secondary N) is 1. The lowest BCUT2D eigenvalue weighted by Gasteiger charge is -2.62. The summed E-state index contributed by atoms with van der Waals surface area (Å²) in [5.74, 6) is 1.57. The van der Waals surface area contributed by atoms with Gasteiger partial charge < -0.3 is 15.0 Å². The SMILES string of the molecule is CN=C(NCc1ccc(OC)nc1)N1CC(C)(C)C1(C)C. The van der Waals surface area contributed by atoms with Crippen molar-refractivity contribution in [3.8, 4) is 5.88 Å². The minimum absolute atomic E-state index is 0.104. The fourth-order valence-electron chi connectivity index (χ4n) is 2.51. The Hall–Kier alpha value is -1.78. The van der Waals surface area contributed by atoms with Crippen LogP contribution in [0.3, 0.4) is 0 Å². The molecule has 5 nitrogen and oxygen atoms in total. The molecule has 1 aliphatic rings. The molecular weight excluding hydrogens is 264 g/mol. The summed E-state index contributed by atoms with van der Waals surface area (Å²) in [6, 6.07) is 3.88. The molecule has 1 saturated heterocycles. The van der Waals surface area contributed by atoms with Crippen LogP contribution >= 0.6 is 0 Å². The first kappa shape index (κ1) is 15.6. The van der Waals surface area contributed by atoms with E-state index in [2.05, 4.69) is 47.9 Å². The van der Waals surface area contributed by atoms with Crippen molar-refractivity contribution in [2.24, 2.45) is 10.4 Å². The molecule has 0 spiro atoms. The number of likely N-dealkylation sites (tertiary alicyclic amines) is 1. The summed E-state index contributed by atoms with van der Waals surface area (Å²) in [5.41, 5.74) is 1.51. The molecule has 21 heavy (non-hydrogen) atoms. The lowest BCUT2D eigenvalue weighted by atomic mass is 9.65. The average Bonchev–Trinajstić information content (AvgIpc) is 2.47. The maximum atomic E-state index is 5.07. The van der Waals surface area contributed by atoms with Crippen LogP contribution in [-0.2, 0) is 6.54 Å². The molecule has 0 unspecified atom stereocenters. The standard InChI is InChI=1S/C16H26N4O/c1-15(2)11-20(16(15,3)4)14(17-5)19-10-12-7-8-13(21-6)18-9-12/h7-9H,10-11H2,1-6H3,(H,17,19). The Balaban J connectivity index is 1.98. The zero-order valence-corrected chi connectivity index (χ0v) is 13.9. The third-order valence-electron chi connectivity index (χ3n) is 4.81. The van der Waals surface area contributed by atoms with Crippen LogP contribution in [0.1, 0.15) is 33.3 Å². The normalized spacial score (nSPS) is 19.9. The second-order valence-electron chi connectivity index (χ2n) is 6.64. The molecule has 0 saturated carbocycles. The number of hydrogen-bond acceptors (Lipinski definition) is 3. The van der Waals surface area contributed by atoms with Crippen LogP contribution in [0.5, 0.6) is 5.88 Å². The molecule has 1 N–H and O–H groups in total. The highest BCUT2D eigenvalue weighted by molar-refractivity contribution is 5.82. The van der Waals surface area contributed by atoms with E-state index in [0.717, 1.165) is 18.1 Å². The Morgan fingerprint density at radius 2 is 2.10 bits per heavy atom. The molecule has 0 aliphatic carbocycles. The van der Waals surface area contributed by atoms with Crippen molar-refractivity contribution in [1.82, 2.24) is 15.2 Å². The number of nitrogens with zero attached hydrogens (tertiary/aromatic N) is 3. The van der Waals surface area contributed by atoms with E-state index in [-0.39, 0.29) is 5.54 Å². The highest BCUT2D eigenvalue weighted by Crippen LogP contribution is 2.46. The molecule has 0 atom stereocenters. The third kappa shape index (κ3) is 2.82. The van der Waals surface area contributed by atoms with Crippen LogP contribution in [0.25, 0.3) is 0 Å². The van der Waals surface area contributed by atoms with E-state index in [9.17, 15) is 0 Å². The summed E-state index contributed by atoms with van der Waals surface area (Å²) < 4.78 is 5.07. The first-order chi connectivity index (χ1) is 9.81. The third-order valence-corrected chi connectivity index (χ3v) is 4.81. The van der Waals surface area contributed by atoms with Crippen molar-refractivity contribution in [1.29, 1.82) is 0 Å². The molecule has 0 radical (unpaired) electrons. The fraction of sp³-hybridized carbons (Fsp3) is 0.625. The predicted molar refractivity (Wildman–Crippen MR) is 85.6 cm³/mol. The number of pyridine rings is 1. The first-order valence-electron chi connectivity index (χ1n) is 7.29. The first-order valence-corrected chi connectivity index (χ1v) is 7.29. The minimum atomic E-state index is 0.104. The number of methoxy groups -OCH3 is 1. The molecule has 116 valence electrons. The topological polar surface area (TPSA) is 49.8 Å². The largest absolute Gasteiger partial charge is 0.481 e. The molecule has 5 heteroatoms. The zero-order valence-electron chi connectivity index (χ0n) is 13.9. The Morgan fingerprint density at radius 1 is 1.38 bits per heavy atom. The summed E-state index contributed by atoms with van der Waals surface area (Å²) >= 11 is 0. The van der Waals surface area contributed by atoms with E-state index in [1.54, 1.807) is 7.11 Å². The van der Waals surface area contributed by atoms with Crippen molar-refractivity contribution in [2.75, 3.05) is 20.7 Å². The lowest BCUT2D eigenvalue weighted by Crippen LogP contribution is -2.72. The minimum Gasteiger partial charge on any atom is -0.481 e. The van der Waals surface area contributed by atoms with Gasteiger partial charge in [-0.25, -0.2) is 4.98 Å². The van der Waals surface area contributed by atoms with Crippen LogP contribution in [0.15, 0.2) is 23.3 Å². The van der Waals surface area contributed by atoms with E-state index < -0.39 is 0 Å². The predicted octanol–water partition coefficient (Wildman–Crippen LogP) is 2.29. The van der Waals surface area contributed by atoms with Crippen molar-refractivity contribution in [3.05, 3.63) is 23.9 Å². The molecule has 2 rings (SSSR count). The van der Waals surface area contributed by atoms with Crippen LogP contribution < -0.4 is 10.1 Å². The maximum Gasteiger partial charge on any atom is 0.212 e. The molecule has 0 amide bonds. The number of hydrogen-bond donors (Lipinski definition) is 1. The fourth-order valence-corrected chi connectivity index (χ4v) is 2.51. The zero-order chi connectivity index (χ0) is 15.7. The second kappa shape index (κ2) is 5.54. The van der Waals surface area contributed by atoms with Gasteiger partial charge in [0.05, 0.1) is 7.11 Å². The van der Waals surface area contributed by atoms with Gasteiger partial charge in [-0.1, -0.05) is 19.9 Å². The van der Waals surface area contributed by atoms with E-state index in [4.69, 9.17) is 4.74 Å². The molecule has 0 aromatic carbocycles. The van der Waals surface area contributed by atoms with Crippen molar-refractivity contribution in [3.63, 3.8) is 0 Å². The summed E-state index contributed by atoms with van der Waals surface area (Å²) in [4.78, 5) is 10.9. The van der Waals surface area contributed by atoms with Crippen LogP contribution in [0, 0.1) is 5.41 Å². The van der Waals surface area contributed by atoms with Gasteiger partial charge in [0.2, 0.25) is 5.88 Å². The van der Waals surface area contributed by atoms with E-state index in [1.165, 1.54) is 0 Å². The summed E-state index contributed by atoms with van der Waals surface area (Å²) in [7, 11) is 3.45. The Bertz CT molecular complexity index is 520. The number of rotatable bonds is 3. The van der Waals surface area contributed by atoms with E-state index >= 15 is 0 Å². The number of guanidine groups is 1. The molecule has 2 heterocycles. The van der Waals surface area contributed by atoms with Crippen LogP contribution in [0.4, 0.5) is 0 Å². The molecule has 1 fully saturated rings. The molecule has 1 aliphatic heterocycles.